The molecule has 0 saturated carbocycles. The molecule has 0 aliphatic heterocycles. The minimum atomic E-state index is -0.173. The van der Waals surface area contributed by atoms with Gasteiger partial charge < -0.3 is 5.32 Å². The van der Waals surface area contributed by atoms with Crippen LogP contribution in [0.1, 0.15) is 35.6 Å². The number of imidazole rings is 1. The van der Waals surface area contributed by atoms with Gasteiger partial charge in [-0.1, -0.05) is 18.7 Å². The van der Waals surface area contributed by atoms with Gasteiger partial charge in [0.15, 0.2) is 0 Å². The highest BCUT2D eigenvalue weighted by atomic mass is 32.2. The summed E-state index contributed by atoms with van der Waals surface area (Å²) in [5.74, 6) is 0.456. The van der Waals surface area contributed by atoms with E-state index in [-0.39, 0.29) is 11.9 Å². The van der Waals surface area contributed by atoms with E-state index in [1.165, 1.54) is 23.1 Å². The van der Waals surface area contributed by atoms with Gasteiger partial charge in [0, 0.05) is 24.0 Å². The maximum Gasteiger partial charge on any atom is 0.271 e. The molecule has 1 atom stereocenters. The number of nitrogens with one attached hydrogen (secondary N) is 1. The van der Waals surface area contributed by atoms with Crippen molar-refractivity contribution in [3.8, 4) is 0 Å². The van der Waals surface area contributed by atoms with Crippen molar-refractivity contribution in [2.45, 2.75) is 23.7 Å². The number of amides is 1. The highest BCUT2D eigenvalue weighted by Crippen LogP contribution is 2.21. The maximum absolute atomic E-state index is 12.3. The average molecular weight is 333 g/mol. The van der Waals surface area contributed by atoms with Crippen molar-refractivity contribution in [1.82, 2.24) is 24.7 Å². The Morgan fingerprint density at radius 2 is 2.36 bits per heavy atom. The third-order valence-electron chi connectivity index (χ3n) is 3.22. The first kappa shape index (κ1) is 15.0. The minimum Gasteiger partial charge on any atom is -0.342 e. The molecule has 0 aliphatic carbocycles. The molecule has 0 spiro atoms. The van der Waals surface area contributed by atoms with Crippen LogP contribution in [0.3, 0.4) is 0 Å². The van der Waals surface area contributed by atoms with Crippen molar-refractivity contribution in [3.05, 3.63) is 41.4 Å². The van der Waals surface area contributed by atoms with E-state index in [0.717, 1.165) is 16.5 Å². The zero-order valence-electron chi connectivity index (χ0n) is 12.2. The quantitative estimate of drug-likeness (QED) is 0.727. The lowest BCUT2D eigenvalue weighted by Gasteiger charge is -2.13. The van der Waals surface area contributed by atoms with Crippen LogP contribution in [-0.2, 0) is 0 Å². The molecule has 0 aliphatic rings. The molecule has 8 heteroatoms. The lowest BCUT2D eigenvalue weighted by Crippen LogP contribution is -2.28. The van der Waals surface area contributed by atoms with Gasteiger partial charge >= 0.3 is 0 Å². The van der Waals surface area contributed by atoms with E-state index in [9.17, 15) is 4.79 Å². The van der Waals surface area contributed by atoms with Crippen LogP contribution in [0.15, 0.2) is 34.4 Å². The van der Waals surface area contributed by atoms with Crippen molar-refractivity contribution in [3.63, 3.8) is 0 Å². The maximum atomic E-state index is 12.3. The number of carbonyl (C=O) groups excluding carboxylic acids is 1. The monoisotopic (exact) mass is 333 g/mol. The summed E-state index contributed by atoms with van der Waals surface area (Å²) < 4.78 is 2.73. The van der Waals surface area contributed by atoms with Gasteiger partial charge in [-0.15, -0.1) is 11.3 Å². The Kier molecular flexibility index (Phi) is 4.39. The Labute approximate surface area is 136 Å². The van der Waals surface area contributed by atoms with Gasteiger partial charge in [0.2, 0.25) is 5.78 Å². The first-order chi connectivity index (χ1) is 10.7. The van der Waals surface area contributed by atoms with Gasteiger partial charge in [0.25, 0.3) is 5.91 Å². The van der Waals surface area contributed by atoms with Crippen molar-refractivity contribution in [1.29, 1.82) is 0 Å². The fourth-order valence-electron chi connectivity index (χ4n) is 2.09. The second-order valence-electron chi connectivity index (χ2n) is 4.63. The van der Waals surface area contributed by atoms with E-state index in [1.54, 1.807) is 11.6 Å². The Morgan fingerprint density at radius 3 is 3.05 bits per heavy atom. The number of thiazole rings is 1. The SMILES string of the molecule is CC[C@@H](NC(=O)c1csc(SC)n1)c1cn2cccnc2n1. The molecule has 1 amide bonds. The van der Waals surface area contributed by atoms with Crippen LogP contribution in [0, 0.1) is 0 Å². The van der Waals surface area contributed by atoms with E-state index in [0.29, 0.717) is 11.5 Å². The van der Waals surface area contributed by atoms with Gasteiger partial charge in [0.1, 0.15) is 10.0 Å². The highest BCUT2D eigenvalue weighted by molar-refractivity contribution is 8.00. The minimum absolute atomic E-state index is 0.159. The zero-order chi connectivity index (χ0) is 15.5. The summed E-state index contributed by atoms with van der Waals surface area (Å²) in [6, 6.07) is 1.69. The van der Waals surface area contributed by atoms with Gasteiger partial charge in [-0.3, -0.25) is 9.20 Å². The number of hydrogen-bond donors (Lipinski definition) is 1. The second kappa shape index (κ2) is 6.45. The van der Waals surface area contributed by atoms with Gasteiger partial charge in [0.05, 0.1) is 11.7 Å². The molecule has 3 heterocycles. The molecule has 3 rings (SSSR count). The molecule has 114 valence electrons. The Morgan fingerprint density at radius 1 is 1.50 bits per heavy atom. The number of rotatable bonds is 5. The lowest BCUT2D eigenvalue weighted by atomic mass is 10.1. The largest absolute Gasteiger partial charge is 0.342 e. The van der Waals surface area contributed by atoms with E-state index >= 15 is 0 Å². The Bertz CT molecular complexity index is 764. The van der Waals surface area contributed by atoms with Crippen molar-refractivity contribution in [2.75, 3.05) is 6.26 Å². The summed E-state index contributed by atoms with van der Waals surface area (Å²) in [6.45, 7) is 2.01. The summed E-state index contributed by atoms with van der Waals surface area (Å²) in [4.78, 5) is 25.3. The molecule has 0 radical (unpaired) electrons. The number of nitrogens with zero attached hydrogens (tertiary/aromatic N) is 4. The number of carbonyl (C=O) groups is 1. The van der Waals surface area contributed by atoms with Crippen LogP contribution in [0.2, 0.25) is 0 Å². The summed E-state index contributed by atoms with van der Waals surface area (Å²) in [5, 5.41) is 4.77. The number of thioether (sulfide) groups is 1. The third kappa shape index (κ3) is 2.97. The predicted octanol–water partition coefficient (Wildman–Crippen LogP) is 2.79. The van der Waals surface area contributed by atoms with Crippen molar-refractivity contribution >= 4 is 34.8 Å². The van der Waals surface area contributed by atoms with E-state index < -0.39 is 0 Å². The lowest BCUT2D eigenvalue weighted by molar-refractivity contribution is 0.0930. The molecular formula is C14H15N5OS2. The van der Waals surface area contributed by atoms with E-state index in [4.69, 9.17) is 0 Å². The zero-order valence-corrected chi connectivity index (χ0v) is 13.8. The predicted molar refractivity (Wildman–Crippen MR) is 87.4 cm³/mol. The Hall–Kier alpha value is -1.93. The Balaban J connectivity index is 1.80. The van der Waals surface area contributed by atoms with Crippen LogP contribution in [0.25, 0.3) is 5.78 Å². The molecule has 6 nitrogen and oxygen atoms in total. The van der Waals surface area contributed by atoms with E-state index in [1.807, 2.05) is 36.0 Å². The van der Waals surface area contributed by atoms with Crippen LogP contribution >= 0.6 is 23.1 Å². The van der Waals surface area contributed by atoms with Gasteiger partial charge in [-0.2, -0.15) is 0 Å². The van der Waals surface area contributed by atoms with Crippen molar-refractivity contribution in [2.24, 2.45) is 0 Å². The first-order valence-electron chi connectivity index (χ1n) is 6.81. The van der Waals surface area contributed by atoms with Gasteiger partial charge in [-0.05, 0) is 18.7 Å². The molecule has 0 saturated heterocycles. The molecule has 0 fully saturated rings. The average Bonchev–Trinajstić information content (AvgIpc) is 3.18. The molecule has 3 aromatic heterocycles. The van der Waals surface area contributed by atoms with E-state index in [2.05, 4.69) is 20.3 Å². The molecule has 0 bridgehead atoms. The topological polar surface area (TPSA) is 72.2 Å². The summed E-state index contributed by atoms with van der Waals surface area (Å²) >= 11 is 3.01. The highest BCUT2D eigenvalue weighted by Gasteiger charge is 2.19. The van der Waals surface area contributed by atoms with Crippen LogP contribution in [0.4, 0.5) is 0 Å². The first-order valence-corrected chi connectivity index (χ1v) is 8.91. The molecule has 0 unspecified atom stereocenters. The fourth-order valence-corrected chi connectivity index (χ4v) is 3.33. The number of hydrogen-bond acceptors (Lipinski definition) is 6. The van der Waals surface area contributed by atoms with Crippen LogP contribution in [-0.4, -0.2) is 31.5 Å². The number of fused-ring (bicyclic) bond motifs is 1. The molecule has 3 aromatic rings. The fraction of sp³-hybridized carbons (Fsp3) is 0.286. The van der Waals surface area contributed by atoms with Crippen LogP contribution < -0.4 is 5.32 Å². The van der Waals surface area contributed by atoms with Crippen LogP contribution in [0.5, 0.6) is 0 Å². The number of aromatic nitrogens is 4. The van der Waals surface area contributed by atoms with Crippen molar-refractivity contribution < 1.29 is 4.79 Å². The summed E-state index contributed by atoms with van der Waals surface area (Å²) in [5.41, 5.74) is 1.25. The molecular weight excluding hydrogens is 318 g/mol. The molecule has 1 N–H and O–H groups in total. The molecule has 0 aromatic carbocycles. The second-order valence-corrected chi connectivity index (χ2v) is 6.54. The normalized spacial score (nSPS) is 12.5. The third-order valence-corrected chi connectivity index (χ3v) is 5.08. The molecule has 22 heavy (non-hydrogen) atoms. The van der Waals surface area contributed by atoms with Gasteiger partial charge in [-0.25, -0.2) is 15.0 Å². The smallest absolute Gasteiger partial charge is 0.271 e. The standard InChI is InChI=1S/C14H15N5OS2/c1-3-9(10-7-19-6-4-5-15-13(19)17-10)16-12(20)11-8-22-14(18-11)21-2/h4-9H,3H2,1-2H3,(H,16,20)/t9-/m1/s1. The summed E-state index contributed by atoms with van der Waals surface area (Å²) in [6.07, 6.45) is 8.17. The summed E-state index contributed by atoms with van der Waals surface area (Å²) in [7, 11) is 0.